The summed E-state index contributed by atoms with van der Waals surface area (Å²) in [4.78, 5) is 18.3. The maximum atomic E-state index is 13.8. The number of imidazole rings is 1. The van der Waals surface area contributed by atoms with E-state index in [-0.39, 0.29) is 5.69 Å². The lowest BCUT2D eigenvalue weighted by Gasteiger charge is -2.15. The lowest BCUT2D eigenvalue weighted by molar-refractivity contribution is 0.690. The second-order valence-corrected chi connectivity index (χ2v) is 9.61. The summed E-state index contributed by atoms with van der Waals surface area (Å²) in [7, 11) is 0. The monoisotopic (exact) mass is 493 g/mol. The molecule has 3 heterocycles. The smallest absolute Gasteiger partial charge is 0.292 e. The second kappa shape index (κ2) is 10.3. The molecule has 0 aliphatic heterocycles. The average molecular weight is 494 g/mol. The number of aromatic amines is 1. The van der Waals surface area contributed by atoms with Gasteiger partial charge in [0.1, 0.15) is 0 Å². The summed E-state index contributed by atoms with van der Waals surface area (Å²) in [5.74, 6) is 0.817. The number of aromatic nitrogens is 7. The number of pyridine rings is 1. The van der Waals surface area contributed by atoms with Gasteiger partial charge in [-0.05, 0) is 53.3 Å². The summed E-state index contributed by atoms with van der Waals surface area (Å²) in [6, 6.07) is 18.2. The Bertz CT molecular complexity index is 1560. The molecule has 0 aliphatic carbocycles. The predicted octanol–water partition coefficient (Wildman–Crippen LogP) is 5.31. The zero-order valence-corrected chi connectivity index (χ0v) is 21.6. The molecule has 8 nitrogen and oxygen atoms in total. The molecule has 188 valence electrons. The molecule has 1 N–H and O–H groups in total. The molecule has 8 heteroatoms. The third kappa shape index (κ3) is 4.74. The van der Waals surface area contributed by atoms with E-state index < -0.39 is 0 Å². The van der Waals surface area contributed by atoms with Crippen LogP contribution in [0, 0.1) is 6.92 Å². The average Bonchev–Trinajstić information content (AvgIpc) is 3.54. The minimum atomic E-state index is -0.00662. The van der Waals surface area contributed by atoms with Crippen LogP contribution in [0.2, 0.25) is 0 Å². The lowest BCUT2D eigenvalue weighted by atomic mass is 9.98. The van der Waals surface area contributed by atoms with Gasteiger partial charge in [-0.3, -0.25) is 14.1 Å². The molecule has 0 atom stereocenters. The Balaban J connectivity index is 1.51. The van der Waals surface area contributed by atoms with Crippen LogP contribution in [-0.2, 0) is 13.0 Å². The van der Waals surface area contributed by atoms with E-state index in [0.29, 0.717) is 18.3 Å². The van der Waals surface area contributed by atoms with Crippen LogP contribution in [-0.4, -0.2) is 34.7 Å². The summed E-state index contributed by atoms with van der Waals surface area (Å²) in [5, 5.41) is 14.4. The molecule has 0 amide bonds. The highest BCUT2D eigenvalue weighted by Gasteiger charge is 2.18. The fourth-order valence-corrected chi connectivity index (χ4v) is 4.83. The quantitative estimate of drug-likeness (QED) is 0.316. The molecule has 0 unspecified atom stereocenters. The van der Waals surface area contributed by atoms with E-state index in [1.54, 1.807) is 6.20 Å². The van der Waals surface area contributed by atoms with Crippen molar-refractivity contribution in [2.45, 2.75) is 53.0 Å². The van der Waals surface area contributed by atoms with E-state index in [2.05, 4.69) is 83.6 Å². The largest absolute Gasteiger partial charge is 0.333 e. The van der Waals surface area contributed by atoms with Gasteiger partial charge in [-0.1, -0.05) is 69.7 Å². The summed E-state index contributed by atoms with van der Waals surface area (Å²) in [6.07, 6.45) is 5.58. The van der Waals surface area contributed by atoms with Gasteiger partial charge in [0.2, 0.25) is 5.82 Å². The molecule has 3 aromatic heterocycles. The van der Waals surface area contributed by atoms with Gasteiger partial charge < -0.3 is 0 Å². The molecular formula is C29H31N7O. The van der Waals surface area contributed by atoms with Gasteiger partial charge in [0.25, 0.3) is 0 Å². The van der Waals surface area contributed by atoms with Gasteiger partial charge in [0.15, 0.2) is 0 Å². The van der Waals surface area contributed by atoms with Gasteiger partial charge in [0.05, 0.1) is 17.9 Å². The minimum absolute atomic E-state index is 0.00662. The number of H-pyrrole nitrogens is 1. The van der Waals surface area contributed by atoms with Crippen molar-refractivity contribution in [1.29, 1.82) is 0 Å². The summed E-state index contributed by atoms with van der Waals surface area (Å²) in [5.41, 5.74) is 7.90. The fraction of sp³-hybridized carbons (Fsp3) is 0.276. The topological polar surface area (TPSA) is 94.3 Å². The Kier molecular flexibility index (Phi) is 6.81. The maximum absolute atomic E-state index is 13.8. The van der Waals surface area contributed by atoms with Crippen LogP contribution in [0.25, 0.3) is 28.3 Å². The lowest BCUT2D eigenvalue weighted by Crippen LogP contribution is -2.26. The number of benzene rings is 2. The number of nitrogens with zero attached hydrogens (tertiary/aromatic N) is 6. The van der Waals surface area contributed by atoms with E-state index in [4.69, 9.17) is 0 Å². The van der Waals surface area contributed by atoms with Crippen molar-refractivity contribution in [2.24, 2.45) is 0 Å². The third-order valence-electron chi connectivity index (χ3n) is 6.66. The van der Waals surface area contributed by atoms with Crippen molar-refractivity contribution in [1.82, 2.24) is 34.7 Å². The molecule has 37 heavy (non-hydrogen) atoms. The molecule has 0 spiro atoms. The molecule has 0 aliphatic rings. The van der Waals surface area contributed by atoms with Gasteiger partial charge in [-0.15, -0.1) is 10.2 Å². The Morgan fingerprint density at radius 2 is 1.84 bits per heavy atom. The van der Waals surface area contributed by atoms with Crippen molar-refractivity contribution in [3.05, 3.63) is 99.9 Å². The standard InChI is InChI=1S/C29H31N7O/c1-5-8-23-18-36(27-20(4)9-6-10-24(27)19(2)3)29(37)35(23)17-21-12-14-22(15-13-21)26-25(11-7-16-30-26)28-31-33-34-32-28/h6-7,9-16,18-19H,5,8,17H2,1-4H3,(H,31,32,33,34). The molecule has 2 aromatic carbocycles. The zero-order chi connectivity index (χ0) is 25.9. The van der Waals surface area contributed by atoms with E-state index in [9.17, 15) is 4.79 Å². The summed E-state index contributed by atoms with van der Waals surface area (Å²) in [6.45, 7) is 9.05. The molecule has 0 radical (unpaired) electrons. The van der Waals surface area contributed by atoms with Gasteiger partial charge in [-0.2, -0.15) is 5.21 Å². The molecule has 5 aromatic rings. The Morgan fingerprint density at radius 1 is 1.03 bits per heavy atom. The van der Waals surface area contributed by atoms with E-state index in [1.165, 1.54) is 5.56 Å². The summed E-state index contributed by atoms with van der Waals surface area (Å²) < 4.78 is 3.75. The van der Waals surface area contributed by atoms with Crippen LogP contribution >= 0.6 is 0 Å². The zero-order valence-electron chi connectivity index (χ0n) is 21.6. The van der Waals surface area contributed by atoms with Crippen molar-refractivity contribution in [3.8, 4) is 28.3 Å². The number of hydrogen-bond acceptors (Lipinski definition) is 5. The van der Waals surface area contributed by atoms with Gasteiger partial charge >= 0.3 is 5.69 Å². The highest BCUT2D eigenvalue weighted by molar-refractivity contribution is 5.76. The predicted molar refractivity (Wildman–Crippen MR) is 145 cm³/mol. The first kappa shape index (κ1) is 24.4. The molecule has 5 rings (SSSR count). The first-order chi connectivity index (χ1) is 18.0. The van der Waals surface area contributed by atoms with E-state index >= 15 is 0 Å². The number of hydrogen-bond donors (Lipinski definition) is 1. The van der Waals surface area contributed by atoms with Crippen molar-refractivity contribution >= 4 is 0 Å². The Labute approximate surface area is 216 Å². The molecule has 0 fully saturated rings. The third-order valence-corrected chi connectivity index (χ3v) is 6.66. The normalized spacial score (nSPS) is 11.4. The van der Waals surface area contributed by atoms with Gasteiger partial charge in [-0.25, -0.2) is 4.79 Å². The van der Waals surface area contributed by atoms with Gasteiger partial charge in [0, 0.05) is 29.2 Å². The number of tetrazole rings is 1. The van der Waals surface area contributed by atoms with Crippen LogP contribution < -0.4 is 5.69 Å². The van der Waals surface area contributed by atoms with E-state index in [0.717, 1.165) is 52.2 Å². The number of aryl methyl sites for hydroxylation is 2. The Morgan fingerprint density at radius 3 is 2.54 bits per heavy atom. The molecule has 0 saturated heterocycles. The second-order valence-electron chi connectivity index (χ2n) is 9.61. The Hall–Kier alpha value is -4.33. The van der Waals surface area contributed by atoms with Crippen molar-refractivity contribution in [2.75, 3.05) is 0 Å². The number of para-hydroxylation sites is 1. The minimum Gasteiger partial charge on any atom is -0.292 e. The fourth-order valence-electron chi connectivity index (χ4n) is 4.83. The van der Waals surface area contributed by atoms with Crippen molar-refractivity contribution < 1.29 is 0 Å². The SMILES string of the molecule is CCCc1cn(-c2c(C)cccc2C(C)C)c(=O)n1Cc1ccc(-c2ncccc2-c2nn[nH]n2)cc1. The summed E-state index contributed by atoms with van der Waals surface area (Å²) >= 11 is 0. The highest BCUT2D eigenvalue weighted by atomic mass is 16.1. The van der Waals surface area contributed by atoms with Crippen LogP contribution in [0.1, 0.15) is 55.5 Å². The highest BCUT2D eigenvalue weighted by Crippen LogP contribution is 2.28. The molecule has 0 saturated carbocycles. The molecule has 0 bridgehead atoms. The first-order valence-corrected chi connectivity index (χ1v) is 12.7. The van der Waals surface area contributed by atoms with Crippen LogP contribution in [0.4, 0.5) is 0 Å². The number of nitrogens with one attached hydrogen (secondary N) is 1. The molecular weight excluding hydrogens is 462 g/mol. The maximum Gasteiger partial charge on any atom is 0.333 e. The first-order valence-electron chi connectivity index (χ1n) is 12.7. The van der Waals surface area contributed by atoms with Crippen LogP contribution in [0.3, 0.4) is 0 Å². The van der Waals surface area contributed by atoms with E-state index in [1.807, 2.05) is 39.6 Å². The van der Waals surface area contributed by atoms with Crippen LogP contribution in [0.5, 0.6) is 0 Å². The van der Waals surface area contributed by atoms with Crippen molar-refractivity contribution in [3.63, 3.8) is 0 Å². The number of rotatable bonds is 8. The van der Waals surface area contributed by atoms with Crippen LogP contribution in [0.15, 0.2) is 71.8 Å².